The molecule has 4 aliphatic rings. The van der Waals surface area contributed by atoms with Gasteiger partial charge in [-0.1, -0.05) is 72.8 Å². The Morgan fingerprint density at radius 1 is 0.595 bits per heavy atom. The van der Waals surface area contributed by atoms with Gasteiger partial charge in [-0.25, -0.2) is 0 Å². The van der Waals surface area contributed by atoms with Crippen molar-refractivity contribution in [3.8, 4) is 11.1 Å². The van der Waals surface area contributed by atoms with Crippen LogP contribution in [-0.2, 0) is 44.1 Å². The third-order valence-corrected chi connectivity index (χ3v) is 14.4. The van der Waals surface area contributed by atoms with E-state index in [0.717, 1.165) is 6.42 Å². The summed E-state index contributed by atoms with van der Waals surface area (Å²) in [6.07, 6.45) is 16.4. The quantitative estimate of drug-likeness (QED) is 0.278. The number of halogens is 4. The Balaban J connectivity index is 0.000000151. The molecule has 0 N–H and O–H groups in total. The van der Waals surface area contributed by atoms with Crippen molar-refractivity contribution in [2.45, 2.75) is 21.9 Å². The zero-order valence-electron chi connectivity index (χ0n) is 22.7. The zero-order chi connectivity index (χ0) is 27.5. The molecule has 8 rings (SSSR count). The van der Waals surface area contributed by atoms with Crippen molar-refractivity contribution in [2.75, 3.05) is 0 Å². The van der Waals surface area contributed by atoms with Crippen LogP contribution in [0.2, 0.25) is 0 Å². The van der Waals surface area contributed by atoms with E-state index < -0.39 is 19.4 Å². The van der Waals surface area contributed by atoms with Crippen molar-refractivity contribution in [3.05, 3.63) is 164 Å². The van der Waals surface area contributed by atoms with Crippen LogP contribution in [0.5, 0.6) is 0 Å². The van der Waals surface area contributed by atoms with Crippen LogP contribution in [-0.4, -0.2) is 0 Å². The van der Waals surface area contributed by atoms with E-state index in [9.17, 15) is 0 Å². The van der Waals surface area contributed by atoms with Gasteiger partial charge < -0.3 is 24.8 Å². The van der Waals surface area contributed by atoms with E-state index in [4.69, 9.17) is 17.0 Å². The van der Waals surface area contributed by atoms with Crippen LogP contribution in [0.4, 0.5) is 0 Å². The van der Waals surface area contributed by atoms with Gasteiger partial charge in [0.1, 0.15) is 0 Å². The molecule has 6 heteroatoms. The van der Waals surface area contributed by atoms with Gasteiger partial charge in [0.15, 0.2) is 0 Å². The average Bonchev–Trinajstić information content (AvgIpc) is 3.80. The van der Waals surface area contributed by atoms with Crippen molar-refractivity contribution in [1.82, 2.24) is 0 Å². The van der Waals surface area contributed by atoms with Crippen molar-refractivity contribution in [2.24, 2.45) is 0 Å². The van der Waals surface area contributed by atoms with E-state index in [1.165, 1.54) is 47.8 Å². The Hall–Kier alpha value is -1.23. The van der Waals surface area contributed by atoms with Crippen molar-refractivity contribution >= 4 is 29.2 Å². The third-order valence-electron chi connectivity index (χ3n) is 7.91. The molecule has 4 aromatic rings. The monoisotopic (exact) mass is 780 g/mol. The molecule has 0 aliphatic heterocycles. The van der Waals surface area contributed by atoms with Gasteiger partial charge in [0.2, 0.25) is 0 Å². The maximum atomic E-state index is 5.74. The minimum atomic E-state index is -1.96. The molecule has 0 spiro atoms. The first-order valence-corrected chi connectivity index (χ1v) is 22.6. The molecular weight excluding hydrogens is 757 g/mol. The van der Waals surface area contributed by atoms with Gasteiger partial charge in [-0.05, 0) is 22.3 Å². The van der Waals surface area contributed by atoms with Crippen LogP contribution in [0.15, 0.2) is 131 Å². The molecule has 0 heterocycles. The molecule has 0 bridgehead atoms. The van der Waals surface area contributed by atoms with Gasteiger partial charge in [-0.2, -0.15) is 0 Å². The summed E-state index contributed by atoms with van der Waals surface area (Å²) >= 11 is -0.380. The summed E-state index contributed by atoms with van der Waals surface area (Å²) in [6.45, 7) is 0. The second-order valence-corrected chi connectivity index (χ2v) is 20.1. The summed E-state index contributed by atoms with van der Waals surface area (Å²) in [5, 5.41) is 0. The molecule has 0 amide bonds. The summed E-state index contributed by atoms with van der Waals surface area (Å²) in [7, 11) is 11.5. The molecule has 0 saturated heterocycles. The molecule has 2 atom stereocenters. The predicted octanol–water partition coefficient (Wildman–Crippen LogP) is 4.67. The molecule has 0 radical (unpaired) electrons. The summed E-state index contributed by atoms with van der Waals surface area (Å²) in [6, 6.07) is 35.0. The van der Waals surface area contributed by atoms with Crippen LogP contribution < -0.4 is 24.8 Å². The van der Waals surface area contributed by atoms with E-state index in [1.807, 2.05) is 12.2 Å². The van der Waals surface area contributed by atoms with Gasteiger partial charge in [-0.3, -0.25) is 0 Å². The molecule has 0 saturated carbocycles. The fourth-order valence-electron chi connectivity index (χ4n) is 5.92. The molecule has 4 aromatic carbocycles. The Kier molecular flexibility index (Phi) is 12.6. The molecule has 208 valence electrons. The van der Waals surface area contributed by atoms with Crippen LogP contribution in [0, 0.1) is 0 Å². The van der Waals surface area contributed by atoms with Gasteiger partial charge >= 0.3 is 163 Å². The van der Waals surface area contributed by atoms with Crippen LogP contribution in [0.3, 0.4) is 0 Å². The Morgan fingerprint density at radius 2 is 1.02 bits per heavy atom. The van der Waals surface area contributed by atoms with Crippen molar-refractivity contribution in [1.29, 1.82) is 0 Å². The Bertz CT molecular complexity index is 1550. The maximum absolute atomic E-state index is 5.74. The Morgan fingerprint density at radius 3 is 1.43 bits per heavy atom. The van der Waals surface area contributed by atoms with E-state index in [1.54, 1.807) is 24.7 Å². The van der Waals surface area contributed by atoms with E-state index in [0.29, 0.717) is 15.5 Å². The standard InChI is InChI=1S/C18H14.C13H9.C5H5.4ClH.2Zr/c1-3-7-15-13(5-1)9-11-17(15)18-12-10-14-6-2-4-8-16(14)18;1-3-7-12-10(5-1)9-11-6-2-4-8-13(11)12;1-2-4-5-3-1;;;;;;/h1-12,17-18H;1-9H;1-3H,4H2;4*1H;;/q;;;;;;;2*+2/p-4. The third kappa shape index (κ3) is 7.18. The number of benzene rings is 4. The van der Waals surface area contributed by atoms with Gasteiger partial charge in [-0.15, -0.1) is 0 Å². The number of allylic oxidation sites excluding steroid dienone is 6. The van der Waals surface area contributed by atoms with E-state index in [2.05, 4.69) is 127 Å². The summed E-state index contributed by atoms with van der Waals surface area (Å²) in [5.41, 5.74) is 11.6. The summed E-state index contributed by atoms with van der Waals surface area (Å²) in [5.74, 6) is 1.00. The minimum absolute atomic E-state index is 0. The van der Waals surface area contributed by atoms with E-state index in [-0.39, 0.29) is 24.8 Å². The van der Waals surface area contributed by atoms with Gasteiger partial charge in [0, 0.05) is 11.8 Å². The van der Waals surface area contributed by atoms with Crippen LogP contribution in [0.1, 0.15) is 55.3 Å². The number of hydrogen-bond donors (Lipinski definition) is 0. The molecular formula is C36H28Cl4Zr2. The second kappa shape index (κ2) is 15.7. The second-order valence-electron chi connectivity index (χ2n) is 10.2. The number of rotatable bonds is 2. The molecule has 2 unspecified atom stereocenters. The topological polar surface area (TPSA) is 0 Å². The van der Waals surface area contributed by atoms with Crippen LogP contribution >= 0.6 is 17.0 Å². The molecule has 0 fully saturated rings. The fourth-order valence-corrected chi connectivity index (χ4v) is 10.0. The van der Waals surface area contributed by atoms with Gasteiger partial charge in [0.05, 0.1) is 0 Å². The van der Waals surface area contributed by atoms with E-state index >= 15 is 0 Å². The normalized spacial score (nSPS) is 17.7. The fraction of sp³-hybridized carbons (Fsp3) is 0.111. The predicted molar refractivity (Wildman–Crippen MR) is 164 cm³/mol. The first-order valence-electron chi connectivity index (χ1n) is 13.6. The molecule has 42 heavy (non-hydrogen) atoms. The van der Waals surface area contributed by atoms with Gasteiger partial charge in [0.25, 0.3) is 0 Å². The number of hydrogen-bond acceptors (Lipinski definition) is 0. The molecule has 0 aromatic heterocycles. The zero-order valence-corrected chi connectivity index (χ0v) is 30.7. The summed E-state index contributed by atoms with van der Waals surface area (Å²) in [4.78, 5) is 0. The molecule has 0 nitrogen and oxygen atoms in total. The number of fused-ring (bicyclic) bond motifs is 5. The van der Waals surface area contributed by atoms with Crippen molar-refractivity contribution in [3.63, 3.8) is 0 Å². The first kappa shape index (κ1) is 33.7. The first-order chi connectivity index (χ1) is 19.6. The molecule has 4 aliphatic carbocycles. The Labute approximate surface area is 292 Å². The summed E-state index contributed by atoms with van der Waals surface area (Å²) < 4.78 is 1.94. The average molecular weight is 785 g/mol. The van der Waals surface area contributed by atoms with Crippen molar-refractivity contribution < 1.29 is 68.9 Å². The SMILES string of the molecule is C1=CC(C2C=Cc3ccccc32)c2ccccc21.[Cl-].[Cl-].[Cl][Zr]([Cl])[C]1=CC=CC1.[Zr+2][CH]1c2ccccc2-c2ccccc21. The van der Waals surface area contributed by atoms with Crippen LogP contribution in [0.25, 0.3) is 23.3 Å².